The second-order valence-corrected chi connectivity index (χ2v) is 6.60. The van der Waals surface area contributed by atoms with Crippen LogP contribution in [0.5, 0.6) is 0 Å². The third-order valence-electron chi connectivity index (χ3n) is 4.89. The van der Waals surface area contributed by atoms with Gasteiger partial charge in [0.05, 0.1) is 23.9 Å². The number of anilines is 1. The predicted octanol–water partition coefficient (Wildman–Crippen LogP) is 3.16. The Morgan fingerprint density at radius 2 is 1.81 bits per heavy atom. The van der Waals surface area contributed by atoms with Gasteiger partial charge in [0.15, 0.2) is 5.82 Å². The monoisotopic (exact) mass is 355 g/mol. The standard InChI is InChI=1S/C21H17N5O/c27-18-11-13-5-1-2-6-14(13)19(18)25-20-15-7-3-4-8-16(15)24-21(26-20)17-12-22-9-10-23-17/h1-10,12,18-19,27H,11H2,(H,24,25,26)/t18-,19+/m1/s1. The van der Waals surface area contributed by atoms with Crippen LogP contribution in [0.4, 0.5) is 5.82 Å². The molecule has 0 fully saturated rings. The van der Waals surface area contributed by atoms with Crippen molar-refractivity contribution >= 4 is 16.7 Å². The van der Waals surface area contributed by atoms with Gasteiger partial charge in [0.1, 0.15) is 11.5 Å². The number of hydrogen-bond acceptors (Lipinski definition) is 6. The molecule has 0 saturated heterocycles. The molecule has 4 aromatic rings. The lowest BCUT2D eigenvalue weighted by Gasteiger charge is -2.20. The van der Waals surface area contributed by atoms with Crippen molar-refractivity contribution in [2.45, 2.75) is 18.6 Å². The Balaban J connectivity index is 1.62. The quantitative estimate of drug-likeness (QED) is 0.587. The fraction of sp³-hybridized carbons (Fsp3) is 0.143. The van der Waals surface area contributed by atoms with Crippen LogP contribution in [-0.4, -0.2) is 31.1 Å². The topological polar surface area (TPSA) is 83.8 Å². The molecule has 27 heavy (non-hydrogen) atoms. The van der Waals surface area contributed by atoms with Gasteiger partial charge in [0.25, 0.3) is 0 Å². The first-order valence-electron chi connectivity index (χ1n) is 8.85. The SMILES string of the molecule is O[C@@H]1Cc2ccccc2[C@@H]1Nc1nc(-c2cnccn2)nc2ccccc12. The van der Waals surface area contributed by atoms with Crippen LogP contribution in [-0.2, 0) is 6.42 Å². The van der Waals surface area contributed by atoms with E-state index >= 15 is 0 Å². The Morgan fingerprint density at radius 3 is 2.70 bits per heavy atom. The third-order valence-corrected chi connectivity index (χ3v) is 4.89. The first-order valence-corrected chi connectivity index (χ1v) is 8.85. The Bertz CT molecular complexity index is 1120. The first kappa shape index (κ1) is 15.8. The second-order valence-electron chi connectivity index (χ2n) is 6.60. The molecule has 0 spiro atoms. The molecule has 0 aliphatic heterocycles. The molecule has 0 bridgehead atoms. The average Bonchev–Trinajstić information content (AvgIpc) is 3.04. The van der Waals surface area contributed by atoms with Gasteiger partial charge in [0, 0.05) is 24.2 Å². The van der Waals surface area contributed by atoms with Crippen molar-refractivity contribution in [1.82, 2.24) is 19.9 Å². The summed E-state index contributed by atoms with van der Waals surface area (Å²) in [6.07, 6.45) is 5.02. The average molecular weight is 355 g/mol. The van der Waals surface area contributed by atoms with Crippen LogP contribution in [0, 0.1) is 0 Å². The van der Waals surface area contributed by atoms with Gasteiger partial charge in [-0.25, -0.2) is 15.0 Å². The fourth-order valence-corrected chi connectivity index (χ4v) is 3.61. The van der Waals surface area contributed by atoms with Crippen molar-refractivity contribution < 1.29 is 5.11 Å². The van der Waals surface area contributed by atoms with Crippen molar-refractivity contribution in [3.8, 4) is 11.5 Å². The zero-order chi connectivity index (χ0) is 18.2. The highest BCUT2D eigenvalue weighted by Crippen LogP contribution is 2.35. The molecule has 1 aliphatic rings. The lowest BCUT2D eigenvalue weighted by Crippen LogP contribution is -2.22. The van der Waals surface area contributed by atoms with Crippen LogP contribution in [0.1, 0.15) is 17.2 Å². The number of nitrogens with one attached hydrogen (secondary N) is 1. The number of aliphatic hydroxyl groups excluding tert-OH is 1. The van der Waals surface area contributed by atoms with Gasteiger partial charge in [-0.1, -0.05) is 36.4 Å². The molecule has 2 heterocycles. The van der Waals surface area contributed by atoms with E-state index in [9.17, 15) is 5.11 Å². The smallest absolute Gasteiger partial charge is 0.182 e. The van der Waals surface area contributed by atoms with Crippen LogP contribution in [0.25, 0.3) is 22.4 Å². The fourth-order valence-electron chi connectivity index (χ4n) is 3.61. The van der Waals surface area contributed by atoms with Crippen molar-refractivity contribution in [3.05, 3.63) is 78.2 Å². The molecular formula is C21H17N5O. The van der Waals surface area contributed by atoms with Crippen LogP contribution in [0.15, 0.2) is 67.1 Å². The van der Waals surface area contributed by atoms with Crippen LogP contribution in [0.3, 0.4) is 0 Å². The number of para-hydroxylation sites is 1. The molecule has 0 radical (unpaired) electrons. The summed E-state index contributed by atoms with van der Waals surface area (Å²) in [5.74, 6) is 1.19. The predicted molar refractivity (Wildman–Crippen MR) is 103 cm³/mol. The molecule has 0 amide bonds. The highest BCUT2D eigenvalue weighted by atomic mass is 16.3. The summed E-state index contributed by atoms with van der Waals surface area (Å²) in [5, 5.41) is 15.0. The molecule has 2 aromatic heterocycles. The van der Waals surface area contributed by atoms with Gasteiger partial charge in [0.2, 0.25) is 0 Å². The highest BCUT2D eigenvalue weighted by molar-refractivity contribution is 5.90. The molecule has 0 unspecified atom stereocenters. The molecule has 2 atom stereocenters. The molecule has 6 nitrogen and oxygen atoms in total. The van der Waals surface area contributed by atoms with E-state index in [-0.39, 0.29) is 6.04 Å². The number of aliphatic hydroxyl groups is 1. The van der Waals surface area contributed by atoms with E-state index in [0.29, 0.717) is 23.8 Å². The van der Waals surface area contributed by atoms with Gasteiger partial charge in [-0.3, -0.25) is 4.98 Å². The largest absolute Gasteiger partial charge is 0.390 e. The van der Waals surface area contributed by atoms with Crippen molar-refractivity contribution in [1.29, 1.82) is 0 Å². The molecule has 0 saturated carbocycles. The number of aromatic nitrogens is 4. The minimum atomic E-state index is -0.504. The number of rotatable bonds is 3. The summed E-state index contributed by atoms with van der Waals surface area (Å²) in [4.78, 5) is 17.8. The second kappa shape index (κ2) is 6.41. The van der Waals surface area contributed by atoms with Crippen LogP contribution >= 0.6 is 0 Å². The maximum Gasteiger partial charge on any atom is 0.182 e. The van der Waals surface area contributed by atoms with Gasteiger partial charge >= 0.3 is 0 Å². The maximum absolute atomic E-state index is 10.6. The van der Waals surface area contributed by atoms with E-state index in [2.05, 4.69) is 32.4 Å². The highest BCUT2D eigenvalue weighted by Gasteiger charge is 2.31. The Hall–Kier alpha value is -3.38. The zero-order valence-corrected chi connectivity index (χ0v) is 14.4. The normalized spacial score (nSPS) is 18.4. The molecule has 2 N–H and O–H groups in total. The summed E-state index contributed by atoms with van der Waals surface area (Å²) in [7, 11) is 0. The molecule has 6 heteroatoms. The maximum atomic E-state index is 10.6. The lowest BCUT2D eigenvalue weighted by molar-refractivity contribution is 0.165. The summed E-state index contributed by atoms with van der Waals surface area (Å²) < 4.78 is 0. The van der Waals surface area contributed by atoms with Crippen molar-refractivity contribution in [2.24, 2.45) is 0 Å². The number of fused-ring (bicyclic) bond motifs is 2. The molecule has 132 valence electrons. The van der Waals surface area contributed by atoms with Gasteiger partial charge in [-0.05, 0) is 23.3 Å². The van der Waals surface area contributed by atoms with Gasteiger partial charge in [-0.15, -0.1) is 0 Å². The van der Waals surface area contributed by atoms with E-state index in [0.717, 1.165) is 22.0 Å². The lowest BCUT2D eigenvalue weighted by atomic mass is 10.1. The van der Waals surface area contributed by atoms with Gasteiger partial charge in [-0.2, -0.15) is 0 Å². The van der Waals surface area contributed by atoms with Crippen LogP contribution in [0.2, 0.25) is 0 Å². The molecule has 1 aliphatic carbocycles. The molecule has 2 aromatic carbocycles. The molecule has 5 rings (SSSR count). The number of hydrogen-bond donors (Lipinski definition) is 2. The Kier molecular flexibility index (Phi) is 3.76. The summed E-state index contributed by atoms with van der Waals surface area (Å²) >= 11 is 0. The van der Waals surface area contributed by atoms with E-state index in [1.807, 2.05) is 36.4 Å². The van der Waals surface area contributed by atoms with Crippen LogP contribution < -0.4 is 5.32 Å². The van der Waals surface area contributed by atoms with E-state index in [4.69, 9.17) is 4.98 Å². The minimum Gasteiger partial charge on any atom is -0.390 e. The summed E-state index contributed by atoms with van der Waals surface area (Å²) in [5.41, 5.74) is 3.69. The zero-order valence-electron chi connectivity index (χ0n) is 14.4. The van der Waals surface area contributed by atoms with Gasteiger partial charge < -0.3 is 10.4 Å². The third kappa shape index (κ3) is 2.80. The van der Waals surface area contributed by atoms with E-state index < -0.39 is 6.10 Å². The summed E-state index contributed by atoms with van der Waals surface area (Å²) in [6, 6.07) is 15.7. The number of benzene rings is 2. The van der Waals surface area contributed by atoms with Crippen molar-refractivity contribution in [2.75, 3.05) is 5.32 Å². The minimum absolute atomic E-state index is 0.214. The Morgan fingerprint density at radius 1 is 0.963 bits per heavy atom. The van der Waals surface area contributed by atoms with E-state index in [1.165, 1.54) is 0 Å². The number of nitrogens with zero attached hydrogens (tertiary/aromatic N) is 4. The van der Waals surface area contributed by atoms with Crippen molar-refractivity contribution in [3.63, 3.8) is 0 Å². The molecular weight excluding hydrogens is 338 g/mol. The Labute approximate surface area is 156 Å². The van der Waals surface area contributed by atoms with E-state index in [1.54, 1.807) is 18.6 Å². The summed E-state index contributed by atoms with van der Waals surface area (Å²) in [6.45, 7) is 0. The first-order chi connectivity index (χ1) is 13.3.